The predicted molar refractivity (Wildman–Crippen MR) is 82.4 cm³/mol. The molecule has 1 heterocycles. The normalized spacial score (nSPS) is 11.8. The Bertz CT molecular complexity index is 696. The number of fused-ring (bicyclic) bond motifs is 1. The molecule has 0 saturated heterocycles. The summed E-state index contributed by atoms with van der Waals surface area (Å²) in [5.74, 6) is 0.775. The van der Waals surface area contributed by atoms with Crippen LogP contribution in [0.25, 0.3) is 10.9 Å². The van der Waals surface area contributed by atoms with E-state index in [1.54, 1.807) is 13.2 Å². The maximum atomic E-state index is 11.1. The summed E-state index contributed by atoms with van der Waals surface area (Å²) in [7, 11) is 1.64. The smallest absolute Gasteiger partial charge is 0.154 e. The van der Waals surface area contributed by atoms with Gasteiger partial charge in [-0.05, 0) is 51.5 Å². The van der Waals surface area contributed by atoms with E-state index in [9.17, 15) is 4.79 Å². The van der Waals surface area contributed by atoms with E-state index in [2.05, 4.69) is 24.1 Å². The van der Waals surface area contributed by atoms with E-state index in [4.69, 9.17) is 4.74 Å². The second-order valence-corrected chi connectivity index (χ2v) is 5.04. The molecule has 0 aliphatic rings. The molecule has 0 atom stereocenters. The fourth-order valence-electron chi connectivity index (χ4n) is 2.31. The number of benzene rings is 1. The summed E-state index contributed by atoms with van der Waals surface area (Å²) in [5.41, 5.74) is 5.06. The highest BCUT2D eigenvalue weighted by molar-refractivity contribution is 5.91. The Morgan fingerprint density at radius 3 is 2.60 bits per heavy atom. The van der Waals surface area contributed by atoms with Crippen LogP contribution in [0, 0.1) is 13.8 Å². The van der Waals surface area contributed by atoms with E-state index in [0.717, 1.165) is 33.7 Å². The van der Waals surface area contributed by atoms with Crippen LogP contribution in [0.4, 0.5) is 5.69 Å². The fourth-order valence-corrected chi connectivity index (χ4v) is 2.31. The number of methoxy groups -OCH3 is 1. The highest BCUT2D eigenvalue weighted by Gasteiger charge is 2.10. The lowest BCUT2D eigenvalue weighted by molar-refractivity contribution is -0.112. The van der Waals surface area contributed by atoms with E-state index >= 15 is 0 Å². The number of aromatic amines is 1. The Kier molecular flexibility index (Phi) is 3.84. The largest absolute Gasteiger partial charge is 0.495 e. The van der Waals surface area contributed by atoms with Crippen LogP contribution in [-0.2, 0) is 4.79 Å². The van der Waals surface area contributed by atoms with Crippen molar-refractivity contribution in [1.29, 1.82) is 0 Å². The Hall–Kier alpha value is -2.23. The van der Waals surface area contributed by atoms with E-state index < -0.39 is 0 Å². The first-order valence-electron chi connectivity index (χ1n) is 6.55. The molecule has 0 aliphatic carbocycles. The number of carbonyl (C=O) groups excluding carboxylic acids is 1. The SMILES string of the molecule is COc1cc2c(C)c(C)[nH]c2cc1N/C(C)=C/C(C)=O. The second-order valence-electron chi connectivity index (χ2n) is 5.04. The van der Waals surface area contributed by atoms with Crippen LogP contribution < -0.4 is 10.1 Å². The summed E-state index contributed by atoms with van der Waals surface area (Å²) in [4.78, 5) is 14.5. The first-order chi connectivity index (χ1) is 9.42. The van der Waals surface area contributed by atoms with Gasteiger partial charge in [-0.1, -0.05) is 0 Å². The molecule has 0 saturated carbocycles. The van der Waals surface area contributed by atoms with E-state index in [0.29, 0.717) is 0 Å². The van der Waals surface area contributed by atoms with Crippen molar-refractivity contribution in [3.8, 4) is 5.75 Å². The molecule has 0 aliphatic heterocycles. The minimum Gasteiger partial charge on any atom is -0.495 e. The molecule has 0 spiro atoms. The molecular formula is C16H20N2O2. The summed E-state index contributed by atoms with van der Waals surface area (Å²) < 4.78 is 5.44. The molecule has 0 amide bonds. The maximum Gasteiger partial charge on any atom is 0.154 e. The summed E-state index contributed by atoms with van der Waals surface area (Å²) in [6.07, 6.45) is 1.56. The number of hydrogen-bond acceptors (Lipinski definition) is 3. The standard InChI is InChI=1S/C16H20N2O2/c1-9(6-10(2)19)17-15-8-14-13(7-16(15)20-5)11(3)12(4)18-14/h6-8,17-18H,1-5H3/b9-6+. The van der Waals surface area contributed by atoms with Crippen LogP contribution in [0.3, 0.4) is 0 Å². The number of nitrogens with one attached hydrogen (secondary N) is 2. The third kappa shape index (κ3) is 2.69. The average molecular weight is 272 g/mol. The zero-order valence-corrected chi connectivity index (χ0v) is 12.5. The molecule has 0 radical (unpaired) electrons. The molecule has 0 bridgehead atoms. The molecule has 2 rings (SSSR count). The lowest BCUT2D eigenvalue weighted by atomic mass is 10.1. The topological polar surface area (TPSA) is 54.1 Å². The molecule has 2 N–H and O–H groups in total. The van der Waals surface area contributed by atoms with Gasteiger partial charge in [0.25, 0.3) is 0 Å². The van der Waals surface area contributed by atoms with Crippen LogP contribution in [0.5, 0.6) is 5.75 Å². The summed E-state index contributed by atoms with van der Waals surface area (Å²) >= 11 is 0. The molecular weight excluding hydrogens is 252 g/mol. The van der Waals surface area contributed by atoms with Crippen LogP contribution in [0.2, 0.25) is 0 Å². The lowest BCUT2D eigenvalue weighted by Crippen LogP contribution is -2.00. The third-order valence-corrected chi connectivity index (χ3v) is 3.38. The first kappa shape index (κ1) is 14.2. The number of H-pyrrole nitrogens is 1. The van der Waals surface area contributed by atoms with Crippen molar-refractivity contribution in [2.75, 3.05) is 12.4 Å². The number of allylic oxidation sites excluding steroid dienone is 2. The van der Waals surface area contributed by atoms with Gasteiger partial charge in [-0.3, -0.25) is 4.79 Å². The summed E-state index contributed by atoms with van der Waals surface area (Å²) in [6, 6.07) is 4.02. The summed E-state index contributed by atoms with van der Waals surface area (Å²) in [5, 5.41) is 4.36. The van der Waals surface area contributed by atoms with Crippen LogP contribution in [0.1, 0.15) is 25.1 Å². The van der Waals surface area contributed by atoms with E-state index in [-0.39, 0.29) is 5.78 Å². The molecule has 4 heteroatoms. The number of ether oxygens (including phenoxy) is 1. The number of hydrogen-bond donors (Lipinski definition) is 2. The van der Waals surface area contributed by atoms with Gasteiger partial charge in [0.2, 0.25) is 0 Å². The Balaban J connectivity index is 2.50. The third-order valence-electron chi connectivity index (χ3n) is 3.38. The van der Waals surface area contributed by atoms with Crippen LogP contribution in [0.15, 0.2) is 23.9 Å². The lowest BCUT2D eigenvalue weighted by Gasteiger charge is -2.12. The van der Waals surface area contributed by atoms with E-state index in [1.165, 1.54) is 12.5 Å². The fraction of sp³-hybridized carbons (Fsp3) is 0.312. The van der Waals surface area contributed by atoms with Gasteiger partial charge in [0.15, 0.2) is 5.78 Å². The minimum atomic E-state index is 0.0154. The number of rotatable bonds is 4. The number of carbonyl (C=O) groups is 1. The van der Waals surface area contributed by atoms with Crippen molar-refractivity contribution in [2.45, 2.75) is 27.7 Å². The second kappa shape index (κ2) is 5.41. The van der Waals surface area contributed by atoms with Crippen molar-refractivity contribution in [3.63, 3.8) is 0 Å². The van der Waals surface area contributed by atoms with Gasteiger partial charge >= 0.3 is 0 Å². The number of anilines is 1. The zero-order valence-electron chi connectivity index (χ0n) is 12.5. The molecule has 1 aromatic heterocycles. The quantitative estimate of drug-likeness (QED) is 0.834. The van der Waals surface area contributed by atoms with Crippen LogP contribution >= 0.6 is 0 Å². The van der Waals surface area contributed by atoms with Crippen molar-refractivity contribution in [1.82, 2.24) is 4.98 Å². The first-order valence-corrected chi connectivity index (χ1v) is 6.55. The molecule has 1 aromatic carbocycles. The van der Waals surface area contributed by atoms with Crippen LogP contribution in [-0.4, -0.2) is 17.9 Å². The zero-order chi connectivity index (χ0) is 14.9. The molecule has 20 heavy (non-hydrogen) atoms. The number of ketones is 1. The number of aromatic nitrogens is 1. The number of aryl methyl sites for hydroxylation is 2. The average Bonchev–Trinajstić information content (AvgIpc) is 2.62. The van der Waals surface area contributed by atoms with Gasteiger partial charge in [0.1, 0.15) is 5.75 Å². The molecule has 0 unspecified atom stereocenters. The molecule has 106 valence electrons. The van der Waals surface area contributed by atoms with Gasteiger partial charge in [-0.2, -0.15) is 0 Å². The van der Waals surface area contributed by atoms with Gasteiger partial charge in [0.05, 0.1) is 12.8 Å². The van der Waals surface area contributed by atoms with Gasteiger partial charge in [-0.15, -0.1) is 0 Å². The summed E-state index contributed by atoms with van der Waals surface area (Å²) in [6.45, 7) is 7.52. The maximum absolute atomic E-state index is 11.1. The molecule has 2 aromatic rings. The monoisotopic (exact) mass is 272 g/mol. The van der Waals surface area contributed by atoms with Gasteiger partial charge < -0.3 is 15.0 Å². The van der Waals surface area contributed by atoms with Crippen molar-refractivity contribution >= 4 is 22.4 Å². The highest BCUT2D eigenvalue weighted by Crippen LogP contribution is 2.33. The van der Waals surface area contributed by atoms with Crippen molar-refractivity contribution in [2.24, 2.45) is 0 Å². The van der Waals surface area contributed by atoms with Crippen molar-refractivity contribution in [3.05, 3.63) is 35.2 Å². The predicted octanol–water partition coefficient (Wildman–Crippen LogP) is 3.70. The molecule has 0 fully saturated rings. The Morgan fingerprint density at radius 2 is 2.00 bits per heavy atom. The molecule has 4 nitrogen and oxygen atoms in total. The Labute approximate surface area is 118 Å². The van der Waals surface area contributed by atoms with Gasteiger partial charge in [0, 0.05) is 22.3 Å². The Morgan fingerprint density at radius 1 is 1.30 bits per heavy atom. The van der Waals surface area contributed by atoms with Gasteiger partial charge in [-0.25, -0.2) is 0 Å². The minimum absolute atomic E-state index is 0.0154. The van der Waals surface area contributed by atoms with Crippen molar-refractivity contribution < 1.29 is 9.53 Å². The van der Waals surface area contributed by atoms with E-state index in [1.807, 2.05) is 19.1 Å². The highest BCUT2D eigenvalue weighted by atomic mass is 16.5.